The van der Waals surface area contributed by atoms with Crippen molar-refractivity contribution >= 4 is 11.3 Å². The van der Waals surface area contributed by atoms with Crippen LogP contribution < -0.4 is 5.32 Å². The van der Waals surface area contributed by atoms with Gasteiger partial charge in [0.2, 0.25) is 0 Å². The van der Waals surface area contributed by atoms with Crippen molar-refractivity contribution in [3.05, 3.63) is 45.9 Å². The average molecular weight is 305 g/mol. The van der Waals surface area contributed by atoms with Gasteiger partial charge in [0.15, 0.2) is 0 Å². The van der Waals surface area contributed by atoms with Crippen LogP contribution in [-0.4, -0.2) is 23.3 Å². The highest BCUT2D eigenvalue weighted by atomic mass is 32.1. The number of benzene rings is 1. The summed E-state index contributed by atoms with van der Waals surface area (Å²) in [6, 6.07) is 10.5. The summed E-state index contributed by atoms with van der Waals surface area (Å²) in [7, 11) is 0. The predicted octanol–water partition coefficient (Wildman–Crippen LogP) is 3.55. The number of nitrogens with one attached hydrogen (secondary N) is 1. The second-order valence-electron chi connectivity index (χ2n) is 4.88. The molecule has 0 aliphatic heterocycles. The van der Waals surface area contributed by atoms with Gasteiger partial charge in [-0.2, -0.15) is 0 Å². The van der Waals surface area contributed by atoms with Crippen LogP contribution in [0.3, 0.4) is 0 Å². The second-order valence-corrected chi connectivity index (χ2v) is 5.98. The molecule has 2 rings (SSSR count). The number of rotatable bonds is 9. The Morgan fingerprint density at radius 1 is 1.14 bits per heavy atom. The van der Waals surface area contributed by atoms with Gasteiger partial charge in [-0.1, -0.05) is 55.5 Å². The van der Waals surface area contributed by atoms with Gasteiger partial charge >= 0.3 is 0 Å². The van der Waals surface area contributed by atoms with Gasteiger partial charge in [-0.05, 0) is 24.9 Å². The van der Waals surface area contributed by atoms with E-state index in [1.807, 2.05) is 6.07 Å². The molecule has 21 heavy (non-hydrogen) atoms. The molecule has 0 aliphatic rings. The summed E-state index contributed by atoms with van der Waals surface area (Å²) in [5, 5.41) is 14.1. The van der Waals surface area contributed by atoms with Crippen LogP contribution in [0.5, 0.6) is 0 Å². The topological polar surface area (TPSA) is 47.0 Å². The summed E-state index contributed by atoms with van der Waals surface area (Å²) < 4.78 is 5.54. The van der Waals surface area contributed by atoms with Gasteiger partial charge in [-0.25, -0.2) is 0 Å². The fraction of sp³-hybridized carbons (Fsp3) is 0.500. The zero-order valence-corrected chi connectivity index (χ0v) is 13.5. The molecule has 0 radical (unpaired) electrons. The van der Waals surface area contributed by atoms with Crippen LogP contribution in [0.25, 0.3) is 0 Å². The molecule has 0 fully saturated rings. The van der Waals surface area contributed by atoms with Gasteiger partial charge in [0.1, 0.15) is 16.6 Å². The maximum atomic E-state index is 5.54. The molecule has 2 aromatic rings. The van der Waals surface area contributed by atoms with E-state index in [0.717, 1.165) is 36.0 Å². The summed E-state index contributed by atoms with van der Waals surface area (Å²) in [6.45, 7) is 6.55. The van der Waals surface area contributed by atoms with Crippen LogP contribution >= 0.6 is 11.3 Å². The first-order valence-corrected chi connectivity index (χ1v) is 8.35. The van der Waals surface area contributed by atoms with Crippen molar-refractivity contribution in [1.82, 2.24) is 15.5 Å². The average Bonchev–Trinajstić information content (AvgIpc) is 2.98. The Morgan fingerprint density at radius 3 is 2.67 bits per heavy atom. The molecule has 0 bridgehead atoms. The molecular formula is C16H23N3OS. The fourth-order valence-electron chi connectivity index (χ4n) is 2.03. The van der Waals surface area contributed by atoms with Gasteiger partial charge in [0.25, 0.3) is 0 Å². The molecule has 4 nitrogen and oxygen atoms in total. The van der Waals surface area contributed by atoms with Crippen molar-refractivity contribution in [3.8, 4) is 0 Å². The van der Waals surface area contributed by atoms with Crippen LogP contribution in [0.15, 0.2) is 30.3 Å². The predicted molar refractivity (Wildman–Crippen MR) is 86.4 cm³/mol. The Bertz CT molecular complexity index is 515. The normalized spacial score (nSPS) is 12.5. The maximum absolute atomic E-state index is 5.54. The Kier molecular flexibility index (Phi) is 6.79. The van der Waals surface area contributed by atoms with E-state index in [1.54, 1.807) is 11.3 Å². The van der Waals surface area contributed by atoms with E-state index in [9.17, 15) is 0 Å². The highest BCUT2D eigenvalue weighted by molar-refractivity contribution is 7.11. The van der Waals surface area contributed by atoms with Crippen molar-refractivity contribution in [2.24, 2.45) is 0 Å². The highest BCUT2D eigenvalue weighted by Gasteiger charge is 2.18. The molecule has 1 aromatic heterocycles. The van der Waals surface area contributed by atoms with Crippen molar-refractivity contribution in [2.45, 2.75) is 39.3 Å². The molecular weight excluding hydrogens is 282 g/mol. The van der Waals surface area contributed by atoms with Crippen LogP contribution in [0.2, 0.25) is 0 Å². The van der Waals surface area contributed by atoms with Crippen LogP contribution in [0.4, 0.5) is 0 Å². The molecule has 1 N–H and O–H groups in total. The monoisotopic (exact) mass is 305 g/mol. The smallest absolute Gasteiger partial charge is 0.143 e. The van der Waals surface area contributed by atoms with E-state index in [1.165, 1.54) is 5.56 Å². The Morgan fingerprint density at radius 2 is 1.95 bits per heavy atom. The van der Waals surface area contributed by atoms with Crippen LogP contribution in [0.1, 0.15) is 48.3 Å². The van der Waals surface area contributed by atoms with Crippen molar-refractivity contribution in [3.63, 3.8) is 0 Å². The number of hydrogen-bond donors (Lipinski definition) is 1. The summed E-state index contributed by atoms with van der Waals surface area (Å²) >= 11 is 1.63. The van der Waals surface area contributed by atoms with Gasteiger partial charge in [0, 0.05) is 6.61 Å². The van der Waals surface area contributed by atoms with E-state index < -0.39 is 0 Å². The molecule has 1 unspecified atom stereocenters. The van der Waals surface area contributed by atoms with Gasteiger partial charge < -0.3 is 10.1 Å². The number of nitrogens with zero attached hydrogens (tertiary/aromatic N) is 2. The molecule has 0 amide bonds. The zero-order valence-electron chi connectivity index (χ0n) is 12.7. The number of hydrogen-bond acceptors (Lipinski definition) is 5. The molecule has 0 saturated heterocycles. The van der Waals surface area contributed by atoms with Crippen LogP contribution in [-0.2, 0) is 11.3 Å². The van der Waals surface area contributed by atoms with E-state index in [2.05, 4.69) is 53.6 Å². The maximum Gasteiger partial charge on any atom is 0.143 e. The molecule has 0 spiro atoms. The molecule has 0 saturated carbocycles. The lowest BCUT2D eigenvalue weighted by molar-refractivity contribution is 0.121. The Hall–Kier alpha value is -1.30. The first-order valence-electron chi connectivity index (χ1n) is 7.53. The molecule has 1 aromatic carbocycles. The lowest BCUT2D eigenvalue weighted by Gasteiger charge is -2.15. The first-order chi connectivity index (χ1) is 10.3. The minimum absolute atomic E-state index is 0.114. The third kappa shape index (κ3) is 4.88. The summed E-state index contributed by atoms with van der Waals surface area (Å²) in [5.41, 5.74) is 1.23. The summed E-state index contributed by atoms with van der Waals surface area (Å²) in [5.74, 6) is 0. The lowest BCUT2D eigenvalue weighted by Crippen LogP contribution is -2.23. The van der Waals surface area contributed by atoms with E-state index >= 15 is 0 Å². The summed E-state index contributed by atoms with van der Waals surface area (Å²) in [6.07, 6.45) is 2.12. The first kappa shape index (κ1) is 16.1. The number of ether oxygens (including phenoxy) is 1. The third-order valence-corrected chi connectivity index (χ3v) is 4.00. The van der Waals surface area contributed by atoms with Gasteiger partial charge in [-0.3, -0.25) is 0 Å². The molecule has 114 valence electrons. The zero-order chi connectivity index (χ0) is 14.9. The largest absolute Gasteiger partial charge is 0.374 e. The molecule has 1 atom stereocenters. The Labute approximate surface area is 130 Å². The highest BCUT2D eigenvalue weighted by Crippen LogP contribution is 2.25. The van der Waals surface area contributed by atoms with E-state index in [0.29, 0.717) is 6.61 Å². The van der Waals surface area contributed by atoms with Crippen LogP contribution in [0, 0.1) is 0 Å². The minimum atomic E-state index is 0.114. The minimum Gasteiger partial charge on any atom is -0.374 e. The number of aromatic nitrogens is 2. The molecule has 1 heterocycles. The molecule has 0 aliphatic carbocycles. The summed E-state index contributed by atoms with van der Waals surface area (Å²) in [4.78, 5) is 0. The van der Waals surface area contributed by atoms with Gasteiger partial charge in [-0.15, -0.1) is 10.2 Å². The van der Waals surface area contributed by atoms with E-state index in [4.69, 9.17) is 4.74 Å². The lowest BCUT2D eigenvalue weighted by atomic mass is 10.1. The second kappa shape index (κ2) is 8.87. The molecule has 5 heteroatoms. The third-order valence-electron chi connectivity index (χ3n) is 3.03. The van der Waals surface area contributed by atoms with Gasteiger partial charge in [0.05, 0.1) is 6.04 Å². The van der Waals surface area contributed by atoms with E-state index in [-0.39, 0.29) is 6.04 Å². The van der Waals surface area contributed by atoms with Crippen molar-refractivity contribution in [2.75, 3.05) is 13.2 Å². The SMILES string of the molecule is CCCNC(c1ccccc1)c1nnc(COCCC)s1. The van der Waals surface area contributed by atoms with Crippen molar-refractivity contribution in [1.29, 1.82) is 0 Å². The fourth-order valence-corrected chi connectivity index (χ4v) is 2.91. The van der Waals surface area contributed by atoms with Crippen molar-refractivity contribution < 1.29 is 4.74 Å². The Balaban J connectivity index is 2.09. The quantitative estimate of drug-likeness (QED) is 0.720. The standard InChI is InChI=1S/C16H23N3OS/c1-3-10-17-15(13-8-6-5-7-9-13)16-19-18-14(21-16)12-20-11-4-2/h5-9,15,17H,3-4,10-12H2,1-2H3.